The minimum Gasteiger partial charge on any atom is -0.293 e. The molecule has 0 saturated carbocycles. The van der Waals surface area contributed by atoms with Crippen LogP contribution in [0, 0.1) is 0 Å². The van der Waals surface area contributed by atoms with Crippen molar-refractivity contribution in [2.24, 2.45) is 0 Å². The minimum atomic E-state index is 0.0272. The van der Waals surface area contributed by atoms with Gasteiger partial charge in [-0.25, -0.2) is 0 Å². The number of carbonyl (C=O) groups excluding carboxylic acids is 1. The molecule has 3 heteroatoms. The van der Waals surface area contributed by atoms with Crippen LogP contribution in [-0.4, -0.2) is 29.1 Å². The molecule has 0 spiro atoms. The van der Waals surface area contributed by atoms with Gasteiger partial charge in [0, 0.05) is 0 Å². The number of nitrogens with zero attached hydrogens (tertiary/aromatic N) is 1. The molecule has 58 valence electrons. The first-order valence-electron chi connectivity index (χ1n) is 3.72. The molecular formula is C7H13NOS. The third-order valence-electron chi connectivity index (χ3n) is 2.05. The summed E-state index contributed by atoms with van der Waals surface area (Å²) in [6, 6.07) is 0.105. The molecule has 0 bridgehead atoms. The monoisotopic (exact) mass is 159 g/mol. The van der Waals surface area contributed by atoms with Crippen LogP contribution in [0.25, 0.3) is 0 Å². The lowest BCUT2D eigenvalue weighted by Gasteiger charge is -2.18. The van der Waals surface area contributed by atoms with Gasteiger partial charge >= 0.3 is 0 Å². The van der Waals surface area contributed by atoms with Crippen molar-refractivity contribution in [1.82, 2.24) is 4.90 Å². The van der Waals surface area contributed by atoms with Gasteiger partial charge in [0.15, 0.2) is 0 Å². The van der Waals surface area contributed by atoms with E-state index in [-0.39, 0.29) is 11.2 Å². The van der Waals surface area contributed by atoms with Crippen molar-refractivity contribution in [3.63, 3.8) is 0 Å². The number of likely N-dealkylation sites (tertiary alicyclic amines) is 1. The van der Waals surface area contributed by atoms with Crippen LogP contribution in [0.4, 0.5) is 0 Å². The molecule has 0 aromatic carbocycles. The fourth-order valence-corrected chi connectivity index (χ4v) is 1.78. The molecule has 2 nitrogen and oxygen atoms in total. The summed E-state index contributed by atoms with van der Waals surface area (Å²) in [6.45, 7) is 4.11. The largest absolute Gasteiger partial charge is 0.293 e. The second kappa shape index (κ2) is 3.39. The number of rotatable bonds is 2. The van der Waals surface area contributed by atoms with E-state index in [0.29, 0.717) is 0 Å². The van der Waals surface area contributed by atoms with Gasteiger partial charge in [0.05, 0.1) is 6.04 Å². The lowest BCUT2D eigenvalue weighted by molar-refractivity contribution is -0.114. The van der Waals surface area contributed by atoms with E-state index in [2.05, 4.69) is 24.5 Å². The van der Waals surface area contributed by atoms with Gasteiger partial charge in [-0.1, -0.05) is 6.92 Å². The summed E-state index contributed by atoms with van der Waals surface area (Å²) in [5.74, 6) is 0. The molecule has 0 radical (unpaired) electrons. The summed E-state index contributed by atoms with van der Waals surface area (Å²) in [4.78, 5) is 13.0. The van der Waals surface area contributed by atoms with Gasteiger partial charge in [-0.15, -0.1) is 12.6 Å². The Bertz CT molecular complexity index is 138. The summed E-state index contributed by atoms with van der Waals surface area (Å²) < 4.78 is 0. The molecular weight excluding hydrogens is 146 g/mol. The molecule has 0 amide bonds. The van der Waals surface area contributed by atoms with Crippen LogP contribution in [0.3, 0.4) is 0 Å². The first-order chi connectivity index (χ1) is 4.75. The Morgan fingerprint density at radius 2 is 2.50 bits per heavy atom. The minimum absolute atomic E-state index is 0.0272. The van der Waals surface area contributed by atoms with Crippen LogP contribution >= 0.6 is 12.6 Å². The smallest absolute Gasteiger partial charge is 0.203 e. The number of hydrogen-bond acceptors (Lipinski definition) is 2. The Morgan fingerprint density at radius 3 is 2.90 bits per heavy atom. The number of hydrogen-bond donors (Lipinski definition) is 1. The zero-order valence-corrected chi connectivity index (χ0v) is 7.10. The second-order valence-corrected chi connectivity index (χ2v) is 3.07. The molecule has 1 saturated heterocycles. The molecule has 0 aliphatic carbocycles. The normalized spacial score (nSPS) is 27.2. The van der Waals surface area contributed by atoms with Gasteiger partial charge in [0.2, 0.25) is 5.12 Å². The Morgan fingerprint density at radius 1 is 1.80 bits per heavy atom. The Balaban J connectivity index is 2.50. The number of likely N-dealkylation sites (N-methyl/N-ethyl adjacent to an activating group) is 1. The highest BCUT2D eigenvalue weighted by Gasteiger charge is 2.26. The van der Waals surface area contributed by atoms with E-state index in [4.69, 9.17) is 0 Å². The van der Waals surface area contributed by atoms with E-state index in [1.807, 2.05) is 0 Å². The lowest BCUT2D eigenvalue weighted by atomic mass is 10.2. The highest BCUT2D eigenvalue weighted by atomic mass is 32.1. The molecule has 1 heterocycles. The Kier molecular flexibility index (Phi) is 2.74. The van der Waals surface area contributed by atoms with Gasteiger partial charge in [-0.2, -0.15) is 0 Å². The van der Waals surface area contributed by atoms with Crippen molar-refractivity contribution < 1.29 is 4.79 Å². The van der Waals surface area contributed by atoms with E-state index >= 15 is 0 Å². The van der Waals surface area contributed by atoms with Crippen molar-refractivity contribution in [3.8, 4) is 0 Å². The fourth-order valence-electron chi connectivity index (χ4n) is 1.48. The van der Waals surface area contributed by atoms with E-state index < -0.39 is 0 Å². The molecule has 0 unspecified atom stereocenters. The predicted molar refractivity (Wildman–Crippen MR) is 44.3 cm³/mol. The molecule has 0 aromatic rings. The summed E-state index contributed by atoms with van der Waals surface area (Å²) in [7, 11) is 0. The second-order valence-electron chi connectivity index (χ2n) is 2.62. The van der Waals surface area contributed by atoms with Crippen LogP contribution in [0.5, 0.6) is 0 Å². The van der Waals surface area contributed by atoms with Gasteiger partial charge in [-0.3, -0.25) is 9.69 Å². The average molecular weight is 159 g/mol. The van der Waals surface area contributed by atoms with Gasteiger partial charge < -0.3 is 0 Å². The van der Waals surface area contributed by atoms with Crippen LogP contribution in [-0.2, 0) is 4.79 Å². The Hall–Kier alpha value is -0.0200. The van der Waals surface area contributed by atoms with Crippen molar-refractivity contribution in [2.75, 3.05) is 13.1 Å². The third-order valence-corrected chi connectivity index (χ3v) is 2.35. The summed E-state index contributed by atoms with van der Waals surface area (Å²) in [5, 5.41) is 0.0272. The topological polar surface area (TPSA) is 20.3 Å². The summed E-state index contributed by atoms with van der Waals surface area (Å²) in [6.07, 6.45) is 2.14. The zero-order chi connectivity index (χ0) is 7.56. The molecule has 1 atom stereocenters. The fraction of sp³-hybridized carbons (Fsp3) is 0.857. The maximum atomic E-state index is 10.8. The predicted octanol–water partition coefficient (Wildman–Crippen LogP) is 0.927. The molecule has 0 aromatic heterocycles. The van der Waals surface area contributed by atoms with E-state index in [1.165, 1.54) is 0 Å². The first-order valence-corrected chi connectivity index (χ1v) is 4.17. The summed E-state index contributed by atoms with van der Waals surface area (Å²) >= 11 is 3.83. The maximum absolute atomic E-state index is 10.8. The van der Waals surface area contributed by atoms with Crippen LogP contribution in [0.15, 0.2) is 0 Å². The SMILES string of the molecule is CCN1CCC[C@H]1C(=O)S. The highest BCUT2D eigenvalue weighted by Crippen LogP contribution is 2.17. The van der Waals surface area contributed by atoms with E-state index in [1.54, 1.807) is 0 Å². The lowest BCUT2D eigenvalue weighted by Crippen LogP contribution is -2.33. The average Bonchev–Trinajstić information content (AvgIpc) is 2.33. The number of carbonyl (C=O) groups is 1. The van der Waals surface area contributed by atoms with Crippen molar-refractivity contribution in [1.29, 1.82) is 0 Å². The Labute approximate surface area is 67.0 Å². The quantitative estimate of drug-likeness (QED) is 0.605. The molecule has 10 heavy (non-hydrogen) atoms. The van der Waals surface area contributed by atoms with Crippen LogP contribution in [0.1, 0.15) is 19.8 Å². The van der Waals surface area contributed by atoms with Gasteiger partial charge in [-0.05, 0) is 25.9 Å². The molecule has 1 aliphatic heterocycles. The first kappa shape index (κ1) is 8.08. The van der Waals surface area contributed by atoms with Crippen molar-refractivity contribution in [3.05, 3.63) is 0 Å². The van der Waals surface area contributed by atoms with Crippen molar-refractivity contribution in [2.45, 2.75) is 25.8 Å². The third kappa shape index (κ3) is 1.52. The van der Waals surface area contributed by atoms with Crippen molar-refractivity contribution >= 4 is 17.7 Å². The number of thiol groups is 1. The molecule has 0 N–H and O–H groups in total. The van der Waals surface area contributed by atoms with E-state index in [0.717, 1.165) is 25.9 Å². The van der Waals surface area contributed by atoms with Gasteiger partial charge in [0.1, 0.15) is 0 Å². The maximum Gasteiger partial charge on any atom is 0.203 e. The van der Waals surface area contributed by atoms with E-state index in [9.17, 15) is 4.79 Å². The molecule has 1 aliphatic rings. The van der Waals surface area contributed by atoms with Crippen LogP contribution < -0.4 is 0 Å². The summed E-state index contributed by atoms with van der Waals surface area (Å²) in [5.41, 5.74) is 0. The van der Waals surface area contributed by atoms with Crippen LogP contribution in [0.2, 0.25) is 0 Å². The molecule has 1 rings (SSSR count). The standard InChI is InChI=1S/C7H13NOS/c1-2-8-5-3-4-6(8)7(9)10/h6H,2-5H2,1H3,(H,9,10)/t6-/m0/s1. The molecule has 1 fully saturated rings. The van der Waals surface area contributed by atoms with Gasteiger partial charge in [0.25, 0.3) is 0 Å². The zero-order valence-electron chi connectivity index (χ0n) is 6.21. The highest BCUT2D eigenvalue weighted by molar-refractivity contribution is 7.96.